The van der Waals surface area contributed by atoms with E-state index in [0.29, 0.717) is 0 Å². The van der Waals surface area contributed by atoms with Gasteiger partial charge in [-0.15, -0.1) is 0 Å². The minimum absolute atomic E-state index is 0.174. The van der Waals surface area contributed by atoms with E-state index >= 15 is 0 Å². The van der Waals surface area contributed by atoms with E-state index in [9.17, 15) is 4.79 Å². The molecule has 2 N–H and O–H groups in total. The standard InChI is InChI=1S/C12H16N2O/c1-3-12(15)14-11-7-5-4-6-10(11)8-9-13-2/h3-7,13H,1,8-9H2,2H3,(H,14,15). The van der Waals surface area contributed by atoms with Crippen LogP contribution in [0.15, 0.2) is 36.9 Å². The highest BCUT2D eigenvalue weighted by Crippen LogP contribution is 2.15. The Morgan fingerprint density at radius 1 is 1.47 bits per heavy atom. The fraction of sp³-hybridized carbons (Fsp3) is 0.250. The fourth-order valence-electron chi connectivity index (χ4n) is 1.30. The molecule has 1 aromatic carbocycles. The zero-order valence-electron chi connectivity index (χ0n) is 8.92. The van der Waals surface area contributed by atoms with Crippen molar-refractivity contribution in [1.29, 1.82) is 0 Å². The van der Waals surface area contributed by atoms with Crippen molar-refractivity contribution < 1.29 is 4.79 Å². The predicted octanol–water partition coefficient (Wildman–Crippen LogP) is 1.57. The van der Waals surface area contributed by atoms with Crippen LogP contribution in [0, 0.1) is 0 Å². The first-order valence-corrected chi connectivity index (χ1v) is 4.94. The summed E-state index contributed by atoms with van der Waals surface area (Å²) in [6, 6.07) is 7.78. The number of anilines is 1. The van der Waals surface area contributed by atoms with Crippen molar-refractivity contribution in [1.82, 2.24) is 5.32 Å². The van der Waals surface area contributed by atoms with Crippen LogP contribution in [0.5, 0.6) is 0 Å². The van der Waals surface area contributed by atoms with Crippen molar-refractivity contribution in [3.05, 3.63) is 42.5 Å². The number of carbonyl (C=O) groups is 1. The number of benzene rings is 1. The molecular weight excluding hydrogens is 188 g/mol. The quantitative estimate of drug-likeness (QED) is 0.715. The van der Waals surface area contributed by atoms with E-state index in [1.807, 2.05) is 31.3 Å². The number of likely N-dealkylation sites (N-methyl/N-ethyl adjacent to an activating group) is 1. The molecule has 0 unspecified atom stereocenters. The van der Waals surface area contributed by atoms with Gasteiger partial charge >= 0.3 is 0 Å². The summed E-state index contributed by atoms with van der Waals surface area (Å²) < 4.78 is 0. The number of nitrogens with one attached hydrogen (secondary N) is 2. The Balaban J connectivity index is 2.76. The summed E-state index contributed by atoms with van der Waals surface area (Å²) in [6.45, 7) is 4.31. The smallest absolute Gasteiger partial charge is 0.247 e. The molecule has 0 aliphatic rings. The lowest BCUT2D eigenvalue weighted by Gasteiger charge is -2.09. The van der Waals surface area contributed by atoms with Crippen molar-refractivity contribution in [2.45, 2.75) is 6.42 Å². The summed E-state index contributed by atoms with van der Waals surface area (Å²) in [5.74, 6) is -0.174. The lowest BCUT2D eigenvalue weighted by molar-refractivity contribution is -0.111. The molecule has 0 aliphatic heterocycles. The van der Waals surface area contributed by atoms with Gasteiger partial charge in [0.1, 0.15) is 0 Å². The van der Waals surface area contributed by atoms with Crippen molar-refractivity contribution in [2.24, 2.45) is 0 Å². The van der Waals surface area contributed by atoms with Gasteiger partial charge in [0.25, 0.3) is 0 Å². The Kier molecular flexibility index (Phi) is 4.57. The van der Waals surface area contributed by atoms with Gasteiger partial charge < -0.3 is 10.6 Å². The van der Waals surface area contributed by atoms with Crippen LogP contribution in [-0.2, 0) is 11.2 Å². The Hall–Kier alpha value is -1.61. The zero-order valence-corrected chi connectivity index (χ0v) is 8.92. The van der Waals surface area contributed by atoms with Gasteiger partial charge in [0.2, 0.25) is 5.91 Å². The SMILES string of the molecule is C=CC(=O)Nc1ccccc1CCNC. The maximum absolute atomic E-state index is 11.2. The summed E-state index contributed by atoms with van der Waals surface area (Å²) >= 11 is 0. The number of para-hydroxylation sites is 1. The van der Waals surface area contributed by atoms with Crippen molar-refractivity contribution in [3.8, 4) is 0 Å². The average molecular weight is 204 g/mol. The minimum Gasteiger partial charge on any atom is -0.322 e. The van der Waals surface area contributed by atoms with Crippen molar-refractivity contribution >= 4 is 11.6 Å². The zero-order chi connectivity index (χ0) is 11.1. The predicted molar refractivity (Wildman–Crippen MR) is 62.9 cm³/mol. The first-order chi connectivity index (χ1) is 7.27. The van der Waals surface area contributed by atoms with Crippen LogP contribution < -0.4 is 10.6 Å². The highest BCUT2D eigenvalue weighted by Gasteiger charge is 2.02. The van der Waals surface area contributed by atoms with Crippen LogP contribution in [0.3, 0.4) is 0 Å². The summed E-state index contributed by atoms with van der Waals surface area (Å²) in [6.07, 6.45) is 2.17. The van der Waals surface area contributed by atoms with Crippen LogP contribution in [0.4, 0.5) is 5.69 Å². The van der Waals surface area contributed by atoms with E-state index < -0.39 is 0 Å². The average Bonchev–Trinajstić information content (AvgIpc) is 2.28. The van der Waals surface area contributed by atoms with E-state index in [1.165, 1.54) is 6.08 Å². The maximum atomic E-state index is 11.2. The van der Waals surface area contributed by atoms with Crippen molar-refractivity contribution in [3.63, 3.8) is 0 Å². The molecule has 0 fully saturated rings. The van der Waals surface area contributed by atoms with Gasteiger partial charge in [-0.05, 0) is 37.7 Å². The molecule has 1 rings (SSSR count). The highest BCUT2D eigenvalue weighted by molar-refractivity contribution is 5.99. The van der Waals surface area contributed by atoms with Gasteiger partial charge in [-0.3, -0.25) is 4.79 Å². The largest absolute Gasteiger partial charge is 0.322 e. The van der Waals surface area contributed by atoms with Gasteiger partial charge in [-0.1, -0.05) is 24.8 Å². The number of hydrogen-bond donors (Lipinski definition) is 2. The first kappa shape index (κ1) is 11.5. The lowest BCUT2D eigenvalue weighted by atomic mass is 10.1. The molecule has 0 saturated heterocycles. The summed E-state index contributed by atoms with van der Waals surface area (Å²) in [5, 5.41) is 5.86. The van der Waals surface area contributed by atoms with Crippen LogP contribution in [0.2, 0.25) is 0 Å². The molecule has 1 aromatic rings. The molecule has 0 radical (unpaired) electrons. The molecule has 0 aliphatic carbocycles. The number of carbonyl (C=O) groups excluding carboxylic acids is 1. The molecule has 3 heteroatoms. The Labute approximate surface area is 90.2 Å². The topological polar surface area (TPSA) is 41.1 Å². The molecular formula is C12H16N2O. The summed E-state index contributed by atoms with van der Waals surface area (Å²) in [4.78, 5) is 11.2. The summed E-state index contributed by atoms with van der Waals surface area (Å²) in [5.41, 5.74) is 1.99. The molecule has 0 spiro atoms. The van der Waals surface area contributed by atoms with Gasteiger partial charge in [0.05, 0.1) is 0 Å². The third-order valence-corrected chi connectivity index (χ3v) is 2.10. The third kappa shape index (κ3) is 3.56. The van der Waals surface area contributed by atoms with Gasteiger partial charge in [0, 0.05) is 5.69 Å². The first-order valence-electron chi connectivity index (χ1n) is 4.94. The maximum Gasteiger partial charge on any atom is 0.247 e. The molecule has 0 aromatic heterocycles. The molecule has 15 heavy (non-hydrogen) atoms. The molecule has 80 valence electrons. The Bertz CT molecular complexity index is 347. The Morgan fingerprint density at radius 2 is 2.20 bits per heavy atom. The second kappa shape index (κ2) is 5.98. The second-order valence-corrected chi connectivity index (χ2v) is 3.20. The van der Waals surface area contributed by atoms with Gasteiger partial charge in [-0.2, -0.15) is 0 Å². The monoisotopic (exact) mass is 204 g/mol. The Morgan fingerprint density at radius 3 is 2.87 bits per heavy atom. The summed E-state index contributed by atoms with van der Waals surface area (Å²) in [7, 11) is 1.91. The molecule has 0 bridgehead atoms. The van der Waals surface area contributed by atoms with E-state index in [1.54, 1.807) is 0 Å². The molecule has 0 atom stereocenters. The van der Waals surface area contributed by atoms with Crippen LogP contribution in [0.1, 0.15) is 5.56 Å². The molecule has 0 saturated carbocycles. The lowest BCUT2D eigenvalue weighted by Crippen LogP contribution is -2.13. The van der Waals surface area contributed by atoms with Crippen LogP contribution in [-0.4, -0.2) is 19.5 Å². The highest BCUT2D eigenvalue weighted by atomic mass is 16.1. The van der Waals surface area contributed by atoms with Gasteiger partial charge in [0.15, 0.2) is 0 Å². The third-order valence-electron chi connectivity index (χ3n) is 2.10. The van der Waals surface area contributed by atoms with E-state index in [-0.39, 0.29) is 5.91 Å². The van der Waals surface area contributed by atoms with Crippen molar-refractivity contribution in [2.75, 3.05) is 18.9 Å². The van der Waals surface area contributed by atoms with Crippen LogP contribution in [0.25, 0.3) is 0 Å². The number of hydrogen-bond acceptors (Lipinski definition) is 2. The van der Waals surface area contributed by atoms with E-state index in [2.05, 4.69) is 17.2 Å². The number of rotatable bonds is 5. The molecule has 3 nitrogen and oxygen atoms in total. The molecule has 0 heterocycles. The second-order valence-electron chi connectivity index (χ2n) is 3.20. The normalized spacial score (nSPS) is 9.67. The minimum atomic E-state index is -0.174. The van der Waals surface area contributed by atoms with Crippen LogP contribution >= 0.6 is 0 Å². The number of amides is 1. The van der Waals surface area contributed by atoms with Gasteiger partial charge in [-0.25, -0.2) is 0 Å². The van der Waals surface area contributed by atoms with E-state index in [0.717, 1.165) is 24.2 Å². The van der Waals surface area contributed by atoms with E-state index in [4.69, 9.17) is 0 Å². The fourth-order valence-corrected chi connectivity index (χ4v) is 1.30. The molecule has 1 amide bonds.